The SMILES string of the molecule is CCC(O)(CC)CNCc1ccn(C2CCCC2)n1. The minimum Gasteiger partial charge on any atom is -0.389 e. The van der Waals surface area contributed by atoms with Gasteiger partial charge in [0, 0.05) is 19.3 Å². The smallest absolute Gasteiger partial charge is 0.0766 e. The summed E-state index contributed by atoms with van der Waals surface area (Å²) >= 11 is 0. The molecule has 1 fully saturated rings. The lowest BCUT2D eigenvalue weighted by atomic mass is 9.98. The summed E-state index contributed by atoms with van der Waals surface area (Å²) in [6, 6.07) is 2.69. The van der Waals surface area contributed by atoms with Crippen molar-refractivity contribution in [2.45, 2.75) is 70.6 Å². The van der Waals surface area contributed by atoms with Crippen LogP contribution in [0.5, 0.6) is 0 Å². The van der Waals surface area contributed by atoms with Crippen LogP contribution in [-0.4, -0.2) is 27.0 Å². The zero-order chi connectivity index (χ0) is 13.7. The average Bonchev–Trinajstić information content (AvgIpc) is 3.09. The van der Waals surface area contributed by atoms with Crippen molar-refractivity contribution in [1.82, 2.24) is 15.1 Å². The first-order chi connectivity index (χ1) is 9.17. The van der Waals surface area contributed by atoms with E-state index in [-0.39, 0.29) is 0 Å². The van der Waals surface area contributed by atoms with Crippen molar-refractivity contribution >= 4 is 0 Å². The van der Waals surface area contributed by atoms with Crippen LogP contribution in [0.2, 0.25) is 0 Å². The molecule has 108 valence electrons. The quantitative estimate of drug-likeness (QED) is 0.797. The Morgan fingerprint density at radius 1 is 1.37 bits per heavy atom. The lowest BCUT2D eigenvalue weighted by Gasteiger charge is -2.25. The third-order valence-corrected chi connectivity index (χ3v) is 4.44. The molecule has 0 unspecified atom stereocenters. The standard InChI is InChI=1S/C15H27N3O/c1-3-15(19,4-2)12-16-11-13-9-10-18(17-13)14-7-5-6-8-14/h9-10,14,16,19H,3-8,11-12H2,1-2H3. The molecule has 0 radical (unpaired) electrons. The lowest BCUT2D eigenvalue weighted by Crippen LogP contribution is -2.39. The molecule has 19 heavy (non-hydrogen) atoms. The topological polar surface area (TPSA) is 50.1 Å². The Morgan fingerprint density at radius 2 is 2.05 bits per heavy atom. The maximum Gasteiger partial charge on any atom is 0.0766 e. The van der Waals surface area contributed by atoms with Crippen LogP contribution >= 0.6 is 0 Å². The van der Waals surface area contributed by atoms with Crippen LogP contribution in [-0.2, 0) is 6.54 Å². The summed E-state index contributed by atoms with van der Waals surface area (Å²) in [5.41, 5.74) is 0.495. The average molecular weight is 265 g/mol. The highest BCUT2D eigenvalue weighted by Gasteiger charge is 2.21. The molecule has 2 rings (SSSR count). The van der Waals surface area contributed by atoms with Crippen LogP contribution in [0.4, 0.5) is 0 Å². The van der Waals surface area contributed by atoms with E-state index >= 15 is 0 Å². The van der Waals surface area contributed by atoms with Crippen molar-refractivity contribution in [1.29, 1.82) is 0 Å². The van der Waals surface area contributed by atoms with E-state index in [9.17, 15) is 5.11 Å². The van der Waals surface area contributed by atoms with Crippen LogP contribution in [0.25, 0.3) is 0 Å². The molecule has 1 heterocycles. The first-order valence-corrected chi connectivity index (χ1v) is 7.64. The zero-order valence-corrected chi connectivity index (χ0v) is 12.2. The number of nitrogens with zero attached hydrogens (tertiary/aromatic N) is 2. The number of hydrogen-bond donors (Lipinski definition) is 2. The normalized spacial score (nSPS) is 17.2. The van der Waals surface area contributed by atoms with Crippen molar-refractivity contribution in [3.8, 4) is 0 Å². The predicted molar refractivity (Wildman–Crippen MR) is 77.0 cm³/mol. The van der Waals surface area contributed by atoms with Gasteiger partial charge in [-0.1, -0.05) is 26.7 Å². The van der Waals surface area contributed by atoms with Gasteiger partial charge in [0.25, 0.3) is 0 Å². The molecule has 0 amide bonds. The van der Waals surface area contributed by atoms with E-state index in [1.807, 2.05) is 13.8 Å². The summed E-state index contributed by atoms with van der Waals surface area (Å²) in [4.78, 5) is 0. The van der Waals surface area contributed by atoms with Crippen molar-refractivity contribution in [3.63, 3.8) is 0 Å². The lowest BCUT2D eigenvalue weighted by molar-refractivity contribution is 0.0322. The van der Waals surface area contributed by atoms with Gasteiger partial charge in [0.1, 0.15) is 0 Å². The molecule has 0 spiro atoms. The van der Waals surface area contributed by atoms with Crippen LogP contribution in [0.15, 0.2) is 12.3 Å². The minimum atomic E-state index is -0.575. The first-order valence-electron chi connectivity index (χ1n) is 7.64. The Balaban J connectivity index is 1.80. The first kappa shape index (κ1) is 14.5. The molecule has 1 saturated carbocycles. The van der Waals surface area contributed by atoms with E-state index in [1.165, 1.54) is 25.7 Å². The molecule has 0 bridgehead atoms. The minimum absolute atomic E-state index is 0.575. The summed E-state index contributed by atoms with van der Waals surface area (Å²) in [6.07, 6.45) is 8.86. The summed E-state index contributed by atoms with van der Waals surface area (Å²) in [6.45, 7) is 5.43. The second-order valence-corrected chi connectivity index (χ2v) is 5.76. The van der Waals surface area contributed by atoms with Gasteiger partial charge in [-0.2, -0.15) is 5.10 Å². The van der Waals surface area contributed by atoms with Crippen molar-refractivity contribution in [2.24, 2.45) is 0 Å². The van der Waals surface area contributed by atoms with Gasteiger partial charge in [-0.25, -0.2) is 0 Å². The molecule has 2 N–H and O–H groups in total. The van der Waals surface area contributed by atoms with Crippen molar-refractivity contribution < 1.29 is 5.11 Å². The van der Waals surface area contributed by atoms with E-state index in [2.05, 4.69) is 27.4 Å². The van der Waals surface area contributed by atoms with Crippen LogP contribution in [0.3, 0.4) is 0 Å². The monoisotopic (exact) mass is 265 g/mol. The number of rotatable bonds is 7. The Hall–Kier alpha value is -0.870. The van der Waals surface area contributed by atoms with Gasteiger partial charge in [0.2, 0.25) is 0 Å². The number of aromatic nitrogens is 2. The van der Waals surface area contributed by atoms with Gasteiger partial charge in [0.05, 0.1) is 17.3 Å². The number of hydrogen-bond acceptors (Lipinski definition) is 3. The summed E-state index contributed by atoms with van der Waals surface area (Å²) in [7, 11) is 0. The molecule has 1 aliphatic carbocycles. The molecule has 0 aromatic carbocycles. The Labute approximate surface area is 116 Å². The molecule has 4 nitrogen and oxygen atoms in total. The second kappa shape index (κ2) is 6.53. The molecule has 1 aliphatic rings. The van der Waals surface area contributed by atoms with Gasteiger partial charge in [-0.15, -0.1) is 0 Å². The Morgan fingerprint density at radius 3 is 2.68 bits per heavy atom. The highest BCUT2D eigenvalue weighted by Crippen LogP contribution is 2.28. The van der Waals surface area contributed by atoms with Gasteiger partial charge < -0.3 is 10.4 Å². The summed E-state index contributed by atoms with van der Waals surface area (Å²) in [5, 5.41) is 18.2. The van der Waals surface area contributed by atoms with Crippen LogP contribution < -0.4 is 5.32 Å². The molecule has 0 aliphatic heterocycles. The molecule has 4 heteroatoms. The van der Waals surface area contributed by atoms with Crippen molar-refractivity contribution in [3.05, 3.63) is 18.0 Å². The Bertz CT molecular complexity index is 378. The molecular formula is C15H27N3O. The van der Waals surface area contributed by atoms with Crippen molar-refractivity contribution in [2.75, 3.05) is 6.54 Å². The van der Waals surface area contributed by atoms with Gasteiger partial charge in [-0.3, -0.25) is 4.68 Å². The number of aliphatic hydroxyl groups is 1. The van der Waals surface area contributed by atoms with Crippen LogP contribution in [0.1, 0.15) is 64.1 Å². The predicted octanol–water partition coefficient (Wildman–Crippen LogP) is 2.64. The van der Waals surface area contributed by atoms with E-state index in [0.29, 0.717) is 12.6 Å². The van der Waals surface area contributed by atoms with Gasteiger partial charge in [-0.05, 0) is 31.7 Å². The van der Waals surface area contributed by atoms with Gasteiger partial charge in [0.15, 0.2) is 0 Å². The largest absolute Gasteiger partial charge is 0.389 e. The Kier molecular flexibility index (Phi) is 4.99. The van der Waals surface area contributed by atoms with E-state index < -0.39 is 5.60 Å². The second-order valence-electron chi connectivity index (χ2n) is 5.76. The third-order valence-electron chi connectivity index (χ3n) is 4.44. The van der Waals surface area contributed by atoms with E-state index in [1.54, 1.807) is 0 Å². The summed E-state index contributed by atoms with van der Waals surface area (Å²) in [5.74, 6) is 0. The molecular weight excluding hydrogens is 238 g/mol. The van der Waals surface area contributed by atoms with E-state index in [4.69, 9.17) is 0 Å². The van der Waals surface area contributed by atoms with Gasteiger partial charge >= 0.3 is 0 Å². The molecule has 0 atom stereocenters. The maximum absolute atomic E-state index is 10.2. The third kappa shape index (κ3) is 3.80. The highest BCUT2D eigenvalue weighted by molar-refractivity contribution is 5.00. The fourth-order valence-corrected chi connectivity index (χ4v) is 2.77. The number of nitrogens with one attached hydrogen (secondary N) is 1. The fraction of sp³-hybridized carbons (Fsp3) is 0.800. The fourth-order valence-electron chi connectivity index (χ4n) is 2.77. The van der Waals surface area contributed by atoms with Crippen LogP contribution in [0, 0.1) is 0 Å². The molecule has 0 saturated heterocycles. The molecule has 1 aromatic heterocycles. The zero-order valence-electron chi connectivity index (χ0n) is 12.2. The summed E-state index contributed by atoms with van der Waals surface area (Å²) < 4.78 is 2.12. The molecule has 1 aromatic rings. The maximum atomic E-state index is 10.2. The van der Waals surface area contributed by atoms with E-state index in [0.717, 1.165) is 25.1 Å². The highest BCUT2D eigenvalue weighted by atomic mass is 16.3.